The Labute approximate surface area is 107 Å². The molecule has 1 amide bonds. The molecule has 100 valence electrons. The first-order chi connectivity index (χ1) is 8.43. The molecule has 0 aliphatic carbocycles. The van der Waals surface area contributed by atoms with E-state index in [9.17, 15) is 13.2 Å². The van der Waals surface area contributed by atoms with Crippen molar-refractivity contribution in [3.63, 3.8) is 0 Å². The van der Waals surface area contributed by atoms with Gasteiger partial charge in [0.2, 0.25) is 15.9 Å². The topological polar surface area (TPSA) is 89.3 Å². The van der Waals surface area contributed by atoms with E-state index in [2.05, 4.69) is 5.32 Å². The fourth-order valence-corrected chi connectivity index (χ4v) is 2.01. The van der Waals surface area contributed by atoms with Crippen LogP contribution in [0, 0.1) is 0 Å². The molecule has 18 heavy (non-hydrogen) atoms. The second-order valence-electron chi connectivity index (χ2n) is 4.00. The molecule has 3 N–H and O–H groups in total. The molecule has 0 aromatic heterocycles. The number of carbonyl (C=O) groups excluding carboxylic acids is 1. The van der Waals surface area contributed by atoms with Gasteiger partial charge in [-0.25, -0.2) is 13.6 Å². The third kappa shape index (κ3) is 4.85. The van der Waals surface area contributed by atoms with E-state index in [0.717, 1.165) is 18.4 Å². The summed E-state index contributed by atoms with van der Waals surface area (Å²) < 4.78 is 22.1. The predicted octanol–water partition coefficient (Wildman–Crippen LogP) is 0.793. The van der Waals surface area contributed by atoms with E-state index in [1.807, 2.05) is 0 Å². The van der Waals surface area contributed by atoms with Gasteiger partial charge in [0.1, 0.15) is 0 Å². The highest BCUT2D eigenvalue weighted by atomic mass is 32.2. The third-order valence-corrected chi connectivity index (χ3v) is 3.47. The minimum atomic E-state index is -3.62. The van der Waals surface area contributed by atoms with Crippen molar-refractivity contribution in [2.24, 2.45) is 5.14 Å². The second-order valence-corrected chi connectivity index (χ2v) is 5.56. The van der Waals surface area contributed by atoms with Gasteiger partial charge in [-0.05, 0) is 30.5 Å². The Bertz CT molecular complexity index is 495. The van der Waals surface area contributed by atoms with Crippen LogP contribution in [0.4, 0.5) is 0 Å². The molecule has 1 aromatic carbocycles. The Morgan fingerprint density at radius 3 is 2.39 bits per heavy atom. The van der Waals surface area contributed by atoms with Crippen molar-refractivity contribution in [2.45, 2.75) is 31.1 Å². The molecule has 0 spiro atoms. The van der Waals surface area contributed by atoms with Crippen LogP contribution in [0.5, 0.6) is 0 Å². The van der Waals surface area contributed by atoms with Crippen molar-refractivity contribution in [3.05, 3.63) is 29.8 Å². The molecule has 0 bridgehead atoms. The maximum atomic E-state index is 11.0. The summed E-state index contributed by atoms with van der Waals surface area (Å²) in [7, 11) is -3.62. The van der Waals surface area contributed by atoms with Gasteiger partial charge in [0.15, 0.2) is 0 Å². The summed E-state index contributed by atoms with van der Waals surface area (Å²) in [6.45, 7) is 2.44. The molecule has 6 heteroatoms. The van der Waals surface area contributed by atoms with Gasteiger partial charge in [0.05, 0.1) is 4.90 Å². The summed E-state index contributed by atoms with van der Waals surface area (Å²) in [6, 6.07) is 6.47. The summed E-state index contributed by atoms with van der Waals surface area (Å²) in [6.07, 6.45) is 2.10. The zero-order valence-electron chi connectivity index (χ0n) is 10.3. The lowest BCUT2D eigenvalue weighted by atomic mass is 10.1. The Morgan fingerprint density at radius 1 is 1.28 bits per heavy atom. The molecule has 1 rings (SSSR count). The first kappa shape index (κ1) is 14.7. The highest BCUT2D eigenvalue weighted by molar-refractivity contribution is 7.89. The van der Waals surface area contributed by atoms with Crippen LogP contribution in [0.1, 0.15) is 25.3 Å². The average Bonchev–Trinajstić information content (AvgIpc) is 2.33. The van der Waals surface area contributed by atoms with Gasteiger partial charge < -0.3 is 5.32 Å². The first-order valence-electron chi connectivity index (χ1n) is 5.82. The quantitative estimate of drug-likeness (QED) is 0.749. The third-order valence-electron chi connectivity index (χ3n) is 2.54. The van der Waals surface area contributed by atoms with Crippen molar-refractivity contribution >= 4 is 15.9 Å². The van der Waals surface area contributed by atoms with E-state index in [-0.39, 0.29) is 10.8 Å². The fourth-order valence-electron chi connectivity index (χ4n) is 1.49. The Balaban J connectivity index is 2.43. The van der Waals surface area contributed by atoms with E-state index < -0.39 is 10.0 Å². The van der Waals surface area contributed by atoms with Gasteiger partial charge in [0, 0.05) is 13.0 Å². The van der Waals surface area contributed by atoms with E-state index in [1.54, 1.807) is 19.1 Å². The number of primary sulfonamides is 1. The molecule has 5 nitrogen and oxygen atoms in total. The SMILES string of the molecule is CCC(=O)NCCCc1ccc(S(N)(=O)=O)cc1. The molecule has 0 atom stereocenters. The Morgan fingerprint density at radius 2 is 1.89 bits per heavy atom. The number of amides is 1. The average molecular weight is 270 g/mol. The molecule has 0 heterocycles. The van der Waals surface area contributed by atoms with Gasteiger partial charge in [-0.15, -0.1) is 0 Å². The molecule has 1 aromatic rings. The van der Waals surface area contributed by atoms with Crippen LogP contribution in [-0.4, -0.2) is 20.9 Å². The molecule has 0 saturated heterocycles. The number of rotatable bonds is 6. The number of hydrogen-bond donors (Lipinski definition) is 2. The molecular weight excluding hydrogens is 252 g/mol. The number of nitrogens with one attached hydrogen (secondary N) is 1. The largest absolute Gasteiger partial charge is 0.356 e. The van der Waals surface area contributed by atoms with Crippen molar-refractivity contribution in [2.75, 3.05) is 6.54 Å². The zero-order valence-corrected chi connectivity index (χ0v) is 11.2. The summed E-state index contributed by atoms with van der Waals surface area (Å²) in [4.78, 5) is 11.1. The molecule has 0 saturated carbocycles. The van der Waals surface area contributed by atoms with E-state index in [4.69, 9.17) is 5.14 Å². The maximum Gasteiger partial charge on any atom is 0.238 e. The molecule has 0 radical (unpaired) electrons. The standard InChI is InChI=1S/C12H18N2O3S/c1-2-12(15)14-9-3-4-10-5-7-11(8-6-10)18(13,16)17/h5-8H,2-4,9H2,1H3,(H,14,15)(H2,13,16,17). The molecule has 0 unspecified atom stereocenters. The minimum absolute atomic E-state index is 0.0413. The van der Waals surface area contributed by atoms with Crippen molar-refractivity contribution in [1.82, 2.24) is 5.32 Å². The highest BCUT2D eigenvalue weighted by Crippen LogP contribution is 2.09. The lowest BCUT2D eigenvalue weighted by Gasteiger charge is -2.04. The summed E-state index contributed by atoms with van der Waals surface area (Å²) in [5.41, 5.74) is 1.02. The van der Waals surface area contributed by atoms with Crippen molar-refractivity contribution < 1.29 is 13.2 Å². The van der Waals surface area contributed by atoms with Crippen LogP contribution in [0.15, 0.2) is 29.2 Å². The lowest BCUT2D eigenvalue weighted by Crippen LogP contribution is -2.23. The minimum Gasteiger partial charge on any atom is -0.356 e. The van der Waals surface area contributed by atoms with E-state index >= 15 is 0 Å². The van der Waals surface area contributed by atoms with Gasteiger partial charge in [-0.2, -0.15) is 0 Å². The number of aryl methyl sites for hydroxylation is 1. The second kappa shape index (κ2) is 6.51. The number of benzene rings is 1. The maximum absolute atomic E-state index is 11.0. The number of hydrogen-bond acceptors (Lipinski definition) is 3. The Hall–Kier alpha value is -1.40. The van der Waals surface area contributed by atoms with Crippen LogP contribution < -0.4 is 10.5 Å². The van der Waals surface area contributed by atoms with E-state index in [0.29, 0.717) is 13.0 Å². The van der Waals surface area contributed by atoms with Gasteiger partial charge in [-0.1, -0.05) is 19.1 Å². The molecule has 0 aliphatic heterocycles. The predicted molar refractivity (Wildman–Crippen MR) is 69.4 cm³/mol. The van der Waals surface area contributed by atoms with Crippen LogP contribution in [0.25, 0.3) is 0 Å². The van der Waals surface area contributed by atoms with E-state index in [1.165, 1.54) is 12.1 Å². The molecule has 0 fully saturated rings. The molecular formula is C12H18N2O3S. The summed E-state index contributed by atoms with van der Waals surface area (Å²) in [5, 5.41) is 7.79. The number of sulfonamides is 1. The van der Waals surface area contributed by atoms with Gasteiger partial charge >= 0.3 is 0 Å². The lowest BCUT2D eigenvalue weighted by molar-refractivity contribution is -0.120. The Kier molecular flexibility index (Phi) is 5.30. The molecule has 0 aliphatic rings. The normalized spacial score (nSPS) is 11.2. The summed E-state index contributed by atoms with van der Waals surface area (Å²) >= 11 is 0. The fraction of sp³-hybridized carbons (Fsp3) is 0.417. The van der Waals surface area contributed by atoms with Gasteiger partial charge in [0.25, 0.3) is 0 Å². The first-order valence-corrected chi connectivity index (χ1v) is 7.36. The van der Waals surface area contributed by atoms with Crippen molar-refractivity contribution in [1.29, 1.82) is 0 Å². The zero-order chi connectivity index (χ0) is 13.6. The van der Waals surface area contributed by atoms with Gasteiger partial charge in [-0.3, -0.25) is 4.79 Å². The smallest absolute Gasteiger partial charge is 0.238 e. The highest BCUT2D eigenvalue weighted by Gasteiger charge is 2.06. The van der Waals surface area contributed by atoms with Crippen LogP contribution in [0.2, 0.25) is 0 Å². The van der Waals surface area contributed by atoms with Crippen LogP contribution in [-0.2, 0) is 21.2 Å². The van der Waals surface area contributed by atoms with Crippen molar-refractivity contribution in [3.8, 4) is 0 Å². The van der Waals surface area contributed by atoms with Crippen LogP contribution in [0.3, 0.4) is 0 Å². The summed E-state index contributed by atoms with van der Waals surface area (Å²) in [5.74, 6) is 0.0413. The number of carbonyl (C=O) groups is 1. The number of nitrogens with two attached hydrogens (primary N) is 1. The van der Waals surface area contributed by atoms with Crippen LogP contribution >= 0.6 is 0 Å². The monoisotopic (exact) mass is 270 g/mol.